The fourth-order valence-electron chi connectivity index (χ4n) is 1.75. The predicted octanol–water partition coefficient (Wildman–Crippen LogP) is 2.14. The van der Waals surface area contributed by atoms with Crippen LogP contribution in [0.3, 0.4) is 0 Å². The first kappa shape index (κ1) is 16.4. The van der Waals surface area contributed by atoms with Crippen molar-refractivity contribution in [1.29, 1.82) is 0 Å². The zero-order chi connectivity index (χ0) is 14.6. The number of nitrogens with one attached hydrogen (secondary N) is 1. The molecule has 1 atom stereocenters. The third-order valence-electron chi connectivity index (χ3n) is 2.47. The summed E-state index contributed by atoms with van der Waals surface area (Å²) in [5.74, 6) is -0.256. The van der Waals surface area contributed by atoms with Crippen LogP contribution in [0.4, 0.5) is 0 Å². The van der Waals surface area contributed by atoms with E-state index in [0.29, 0.717) is 17.1 Å². The summed E-state index contributed by atoms with van der Waals surface area (Å²) in [6.45, 7) is 2.33. The summed E-state index contributed by atoms with van der Waals surface area (Å²) in [7, 11) is 3.73. The molecule has 1 aromatic carbocycles. The lowest BCUT2D eigenvalue weighted by molar-refractivity contribution is 0.0326. The fourth-order valence-corrected chi connectivity index (χ4v) is 2.17. The van der Waals surface area contributed by atoms with E-state index in [2.05, 4.69) is 21.2 Å². The van der Waals surface area contributed by atoms with E-state index in [0.717, 1.165) is 4.47 Å². The van der Waals surface area contributed by atoms with Gasteiger partial charge in [0, 0.05) is 23.1 Å². The molecular formula is C13H18BrClN2O2. The van der Waals surface area contributed by atoms with Gasteiger partial charge in [0.15, 0.2) is 0 Å². The Morgan fingerprint density at radius 3 is 2.68 bits per heavy atom. The van der Waals surface area contributed by atoms with Gasteiger partial charge in [0.2, 0.25) is 0 Å². The highest BCUT2D eigenvalue weighted by Crippen LogP contribution is 2.23. The second-order valence-corrected chi connectivity index (χ2v) is 6.31. The van der Waals surface area contributed by atoms with Crippen LogP contribution in [-0.2, 0) is 0 Å². The van der Waals surface area contributed by atoms with Crippen molar-refractivity contribution in [2.75, 3.05) is 27.2 Å². The van der Waals surface area contributed by atoms with Crippen LogP contribution in [-0.4, -0.2) is 48.7 Å². The Balaban J connectivity index is 2.62. The van der Waals surface area contributed by atoms with Crippen molar-refractivity contribution in [1.82, 2.24) is 10.2 Å². The molecule has 0 radical (unpaired) electrons. The molecule has 1 aromatic rings. The van der Waals surface area contributed by atoms with E-state index in [1.807, 2.05) is 19.0 Å². The van der Waals surface area contributed by atoms with Crippen molar-refractivity contribution in [3.63, 3.8) is 0 Å². The molecule has 4 nitrogen and oxygen atoms in total. The summed E-state index contributed by atoms with van der Waals surface area (Å²) in [5, 5.41) is 13.3. The van der Waals surface area contributed by atoms with Gasteiger partial charge in [0.05, 0.1) is 10.6 Å². The highest BCUT2D eigenvalue weighted by Gasteiger charge is 2.22. The minimum atomic E-state index is -0.974. The molecule has 19 heavy (non-hydrogen) atoms. The zero-order valence-corrected chi connectivity index (χ0v) is 13.5. The summed E-state index contributed by atoms with van der Waals surface area (Å²) >= 11 is 9.20. The average molecular weight is 350 g/mol. The molecule has 0 aliphatic heterocycles. The molecule has 0 fully saturated rings. The van der Waals surface area contributed by atoms with Crippen molar-refractivity contribution in [2.45, 2.75) is 12.5 Å². The van der Waals surface area contributed by atoms with Crippen molar-refractivity contribution in [3.8, 4) is 0 Å². The van der Waals surface area contributed by atoms with Gasteiger partial charge in [-0.2, -0.15) is 0 Å². The lowest BCUT2D eigenvalue weighted by Gasteiger charge is -2.27. The molecule has 6 heteroatoms. The maximum atomic E-state index is 11.9. The van der Waals surface area contributed by atoms with Gasteiger partial charge < -0.3 is 15.3 Å². The van der Waals surface area contributed by atoms with E-state index in [-0.39, 0.29) is 12.5 Å². The zero-order valence-electron chi connectivity index (χ0n) is 11.2. The number of halogens is 2. The smallest absolute Gasteiger partial charge is 0.251 e. The van der Waals surface area contributed by atoms with Crippen LogP contribution in [0.1, 0.15) is 17.3 Å². The molecule has 0 aliphatic rings. The molecule has 0 bridgehead atoms. The Hall–Kier alpha value is -0.620. The van der Waals surface area contributed by atoms with E-state index >= 15 is 0 Å². The van der Waals surface area contributed by atoms with Crippen LogP contribution in [0.25, 0.3) is 0 Å². The molecule has 0 heterocycles. The summed E-state index contributed by atoms with van der Waals surface area (Å²) in [4.78, 5) is 13.8. The molecule has 1 unspecified atom stereocenters. The molecule has 0 saturated carbocycles. The molecule has 0 aromatic heterocycles. The van der Waals surface area contributed by atoms with Gasteiger partial charge in [-0.3, -0.25) is 4.79 Å². The van der Waals surface area contributed by atoms with Crippen LogP contribution < -0.4 is 5.32 Å². The Kier molecular flexibility index (Phi) is 5.80. The van der Waals surface area contributed by atoms with E-state index in [9.17, 15) is 9.90 Å². The van der Waals surface area contributed by atoms with Crippen molar-refractivity contribution in [3.05, 3.63) is 33.3 Å². The van der Waals surface area contributed by atoms with E-state index in [1.165, 1.54) is 0 Å². The second-order valence-electron chi connectivity index (χ2n) is 5.05. The number of hydrogen-bond acceptors (Lipinski definition) is 3. The van der Waals surface area contributed by atoms with Crippen LogP contribution in [0.5, 0.6) is 0 Å². The second kappa shape index (κ2) is 6.70. The lowest BCUT2D eigenvalue weighted by Crippen LogP contribution is -2.47. The van der Waals surface area contributed by atoms with Gasteiger partial charge in [-0.1, -0.05) is 11.6 Å². The number of rotatable bonds is 5. The molecule has 1 amide bonds. The SMILES string of the molecule is CN(C)CC(C)(O)CNC(=O)c1ccc(Br)c(Cl)c1. The summed E-state index contributed by atoms with van der Waals surface area (Å²) in [6, 6.07) is 4.97. The monoisotopic (exact) mass is 348 g/mol. The Labute approximate surface area is 126 Å². The minimum absolute atomic E-state index is 0.178. The van der Waals surface area contributed by atoms with Gasteiger partial charge in [-0.05, 0) is 55.1 Å². The van der Waals surface area contributed by atoms with E-state index in [4.69, 9.17) is 11.6 Å². The normalized spacial score (nSPS) is 14.3. The fraction of sp³-hybridized carbons (Fsp3) is 0.462. The predicted molar refractivity (Wildman–Crippen MR) is 80.7 cm³/mol. The third kappa shape index (κ3) is 5.48. The highest BCUT2D eigenvalue weighted by molar-refractivity contribution is 9.10. The molecule has 0 saturated heterocycles. The van der Waals surface area contributed by atoms with Crippen LogP contribution in [0.15, 0.2) is 22.7 Å². The minimum Gasteiger partial charge on any atom is -0.387 e. The van der Waals surface area contributed by atoms with Gasteiger partial charge in [0.25, 0.3) is 5.91 Å². The molecule has 0 spiro atoms. The number of carbonyl (C=O) groups is 1. The first-order valence-corrected chi connectivity index (χ1v) is 6.99. The number of benzene rings is 1. The van der Waals surface area contributed by atoms with Crippen molar-refractivity contribution < 1.29 is 9.90 Å². The number of amides is 1. The first-order chi connectivity index (χ1) is 8.71. The number of nitrogens with zero attached hydrogens (tertiary/aromatic N) is 1. The highest BCUT2D eigenvalue weighted by atomic mass is 79.9. The van der Waals surface area contributed by atoms with Crippen molar-refractivity contribution >= 4 is 33.4 Å². The van der Waals surface area contributed by atoms with Gasteiger partial charge >= 0.3 is 0 Å². The van der Waals surface area contributed by atoms with E-state index < -0.39 is 5.60 Å². The number of hydrogen-bond donors (Lipinski definition) is 2. The maximum Gasteiger partial charge on any atom is 0.251 e. The number of carbonyl (C=O) groups excluding carboxylic acids is 1. The molecule has 0 aliphatic carbocycles. The Morgan fingerprint density at radius 1 is 1.53 bits per heavy atom. The average Bonchev–Trinajstić information content (AvgIpc) is 2.28. The third-order valence-corrected chi connectivity index (χ3v) is 3.70. The Bertz CT molecular complexity index is 464. The maximum absolute atomic E-state index is 11.9. The van der Waals surface area contributed by atoms with Gasteiger partial charge in [0.1, 0.15) is 0 Å². The molecule has 2 N–H and O–H groups in total. The quantitative estimate of drug-likeness (QED) is 0.856. The van der Waals surface area contributed by atoms with Gasteiger partial charge in [-0.25, -0.2) is 0 Å². The van der Waals surface area contributed by atoms with Crippen LogP contribution >= 0.6 is 27.5 Å². The van der Waals surface area contributed by atoms with Crippen molar-refractivity contribution in [2.24, 2.45) is 0 Å². The largest absolute Gasteiger partial charge is 0.387 e. The first-order valence-electron chi connectivity index (χ1n) is 5.82. The van der Waals surface area contributed by atoms with Crippen LogP contribution in [0.2, 0.25) is 5.02 Å². The summed E-state index contributed by atoms with van der Waals surface area (Å²) < 4.78 is 0.741. The number of likely N-dealkylation sites (N-methyl/N-ethyl adjacent to an activating group) is 1. The topological polar surface area (TPSA) is 52.6 Å². The summed E-state index contributed by atoms with van der Waals surface area (Å²) in [6.07, 6.45) is 0. The lowest BCUT2D eigenvalue weighted by atomic mass is 10.1. The molecular weight excluding hydrogens is 332 g/mol. The Morgan fingerprint density at radius 2 is 2.16 bits per heavy atom. The molecule has 106 valence electrons. The van der Waals surface area contributed by atoms with Crippen LogP contribution in [0, 0.1) is 0 Å². The standard InChI is InChI=1S/C13H18BrClN2O2/c1-13(19,8-17(2)3)7-16-12(18)9-4-5-10(14)11(15)6-9/h4-6,19H,7-8H2,1-3H3,(H,16,18). The van der Waals surface area contributed by atoms with Gasteiger partial charge in [-0.15, -0.1) is 0 Å². The molecule has 1 rings (SSSR count). The summed E-state index contributed by atoms with van der Waals surface area (Å²) in [5.41, 5.74) is -0.507. The number of aliphatic hydroxyl groups is 1. The van der Waals surface area contributed by atoms with E-state index in [1.54, 1.807) is 25.1 Å².